The van der Waals surface area contributed by atoms with Crippen LogP contribution in [0.5, 0.6) is 17.2 Å². The smallest absolute Gasteiger partial charge is 0.289 e. The molecule has 3 aromatic rings. The van der Waals surface area contributed by atoms with E-state index in [1.807, 2.05) is 4.90 Å². The Morgan fingerprint density at radius 2 is 1.76 bits per heavy atom. The van der Waals surface area contributed by atoms with Crippen LogP contribution < -0.4 is 19.5 Å². The molecule has 1 N–H and O–H groups in total. The highest BCUT2D eigenvalue weighted by molar-refractivity contribution is 5.96. The van der Waals surface area contributed by atoms with Crippen LogP contribution >= 0.6 is 0 Å². The van der Waals surface area contributed by atoms with Crippen LogP contribution in [0.4, 0.5) is 11.4 Å². The first-order valence-electron chi connectivity index (χ1n) is 11.5. The molecule has 192 valence electrons. The summed E-state index contributed by atoms with van der Waals surface area (Å²) in [7, 11) is 1.54. The van der Waals surface area contributed by atoms with Gasteiger partial charge in [-0.2, -0.15) is 0 Å². The van der Waals surface area contributed by atoms with Gasteiger partial charge in [-0.15, -0.1) is 0 Å². The van der Waals surface area contributed by atoms with E-state index in [0.717, 1.165) is 0 Å². The largest absolute Gasteiger partial charge is 0.497 e. The van der Waals surface area contributed by atoms with Gasteiger partial charge in [0.25, 0.3) is 11.6 Å². The van der Waals surface area contributed by atoms with Crippen LogP contribution in [0.25, 0.3) is 0 Å². The maximum Gasteiger partial charge on any atom is 0.289 e. The zero-order valence-corrected chi connectivity index (χ0v) is 19.9. The number of carbonyl (C=O) groups is 2. The summed E-state index contributed by atoms with van der Waals surface area (Å²) in [5.74, 6) is 0.718. The summed E-state index contributed by atoms with van der Waals surface area (Å²) in [5.41, 5.74) is 0.421. The normalized spacial score (nSPS) is 15.8. The number of rotatable bonds is 7. The van der Waals surface area contributed by atoms with Gasteiger partial charge in [0.1, 0.15) is 11.8 Å². The van der Waals surface area contributed by atoms with Gasteiger partial charge in [0.15, 0.2) is 17.3 Å². The van der Waals surface area contributed by atoms with Crippen molar-refractivity contribution in [1.29, 1.82) is 0 Å². The van der Waals surface area contributed by atoms with Crippen LogP contribution in [0.15, 0.2) is 59.2 Å². The molecule has 1 fully saturated rings. The molecule has 3 heterocycles. The average Bonchev–Trinajstić information content (AvgIpc) is 3.61. The van der Waals surface area contributed by atoms with Gasteiger partial charge in [-0.1, -0.05) is 0 Å². The first-order valence-corrected chi connectivity index (χ1v) is 11.5. The third-order valence-electron chi connectivity index (χ3n) is 6.32. The minimum Gasteiger partial charge on any atom is -0.497 e. The van der Waals surface area contributed by atoms with E-state index in [-0.39, 0.29) is 35.5 Å². The number of ether oxygens (including phenoxy) is 3. The van der Waals surface area contributed by atoms with Crippen LogP contribution in [-0.2, 0) is 4.79 Å². The van der Waals surface area contributed by atoms with Crippen LogP contribution in [0, 0.1) is 10.1 Å². The first-order chi connectivity index (χ1) is 17.9. The fraction of sp³-hybridized carbons (Fsp3) is 0.280. The van der Waals surface area contributed by atoms with Crippen molar-refractivity contribution in [2.75, 3.05) is 45.4 Å². The number of methoxy groups -OCH3 is 1. The standard InChI is InChI=1S/C25H24N4O8/c1-34-17-6-4-16(5-7-17)26-24(30)23(18-13-21-22(37-15-36-21)14-19(18)29(32)33)27-8-10-28(11-9-27)25(31)20-3-2-12-35-20/h2-7,12-14,23H,8-11,15H2,1H3,(H,26,30)/t23-/m1/s1. The van der Waals surface area contributed by atoms with Crippen LogP contribution in [-0.4, -0.2) is 66.6 Å². The number of nitrogens with zero attached hydrogens (tertiary/aromatic N) is 3. The van der Waals surface area contributed by atoms with Gasteiger partial charge >= 0.3 is 0 Å². The van der Waals surface area contributed by atoms with Crippen molar-refractivity contribution in [2.45, 2.75) is 6.04 Å². The number of benzene rings is 2. The topological polar surface area (TPSA) is 137 Å². The molecule has 0 spiro atoms. The molecule has 2 aliphatic rings. The number of nitro groups is 1. The van der Waals surface area contributed by atoms with Gasteiger partial charge in [-0.25, -0.2) is 0 Å². The van der Waals surface area contributed by atoms with Crippen molar-refractivity contribution in [3.63, 3.8) is 0 Å². The Hall–Kier alpha value is -4.58. The molecule has 5 rings (SSSR count). The maximum atomic E-state index is 13.7. The van der Waals surface area contributed by atoms with Crippen molar-refractivity contribution in [3.8, 4) is 17.2 Å². The zero-order chi connectivity index (χ0) is 25.9. The Kier molecular flexibility index (Phi) is 6.64. The summed E-state index contributed by atoms with van der Waals surface area (Å²) in [6.07, 6.45) is 1.43. The number of carbonyl (C=O) groups excluding carboxylic acids is 2. The number of piperazine rings is 1. The van der Waals surface area contributed by atoms with E-state index in [4.69, 9.17) is 18.6 Å². The molecule has 2 amide bonds. The predicted molar refractivity (Wildman–Crippen MR) is 130 cm³/mol. The van der Waals surface area contributed by atoms with Crippen LogP contribution in [0.3, 0.4) is 0 Å². The number of hydrogen-bond acceptors (Lipinski definition) is 9. The van der Waals surface area contributed by atoms with E-state index in [9.17, 15) is 19.7 Å². The molecule has 1 saturated heterocycles. The van der Waals surface area contributed by atoms with E-state index in [1.54, 1.807) is 48.4 Å². The Morgan fingerprint density at radius 3 is 2.38 bits per heavy atom. The predicted octanol–water partition coefficient (Wildman–Crippen LogP) is 3.06. The fourth-order valence-corrected chi connectivity index (χ4v) is 4.45. The number of furan rings is 1. The van der Waals surface area contributed by atoms with Gasteiger partial charge in [0, 0.05) is 31.9 Å². The van der Waals surface area contributed by atoms with Crippen molar-refractivity contribution in [2.24, 2.45) is 0 Å². The summed E-state index contributed by atoms with van der Waals surface area (Å²) in [5, 5.41) is 14.9. The molecule has 2 aromatic carbocycles. The number of hydrogen-bond donors (Lipinski definition) is 1. The van der Waals surface area contributed by atoms with E-state index >= 15 is 0 Å². The highest BCUT2D eigenvalue weighted by Gasteiger charge is 2.38. The Balaban J connectivity index is 1.44. The molecule has 0 bridgehead atoms. The zero-order valence-electron chi connectivity index (χ0n) is 19.9. The second-order valence-electron chi connectivity index (χ2n) is 8.45. The molecule has 12 nitrogen and oxygen atoms in total. The average molecular weight is 508 g/mol. The summed E-state index contributed by atoms with van der Waals surface area (Å²) < 4.78 is 21.2. The molecule has 2 aliphatic heterocycles. The quantitative estimate of drug-likeness (QED) is 0.377. The molecule has 0 saturated carbocycles. The number of amides is 2. The number of nitrogens with one attached hydrogen (secondary N) is 1. The molecular formula is C25H24N4O8. The van der Waals surface area contributed by atoms with E-state index in [0.29, 0.717) is 43.4 Å². The highest BCUT2D eigenvalue weighted by Crippen LogP contribution is 2.42. The number of anilines is 1. The minimum absolute atomic E-state index is 0.0633. The monoisotopic (exact) mass is 508 g/mol. The molecule has 1 atom stereocenters. The van der Waals surface area contributed by atoms with Gasteiger partial charge in [0.2, 0.25) is 12.7 Å². The van der Waals surface area contributed by atoms with Gasteiger partial charge in [-0.05, 0) is 42.5 Å². The van der Waals surface area contributed by atoms with E-state index in [2.05, 4.69) is 5.32 Å². The van der Waals surface area contributed by atoms with Crippen molar-refractivity contribution in [3.05, 3.63) is 76.2 Å². The third-order valence-corrected chi connectivity index (χ3v) is 6.32. The summed E-state index contributed by atoms with van der Waals surface area (Å²) >= 11 is 0. The lowest BCUT2D eigenvalue weighted by Gasteiger charge is -2.38. The Labute approximate surface area is 211 Å². The summed E-state index contributed by atoms with van der Waals surface area (Å²) in [4.78, 5) is 41.3. The van der Waals surface area contributed by atoms with Crippen LogP contribution in [0.1, 0.15) is 22.2 Å². The minimum atomic E-state index is -1.03. The van der Waals surface area contributed by atoms with Gasteiger partial charge in [0.05, 0.1) is 29.9 Å². The fourth-order valence-electron chi connectivity index (χ4n) is 4.45. The molecule has 0 radical (unpaired) electrons. The molecule has 12 heteroatoms. The van der Waals surface area contributed by atoms with E-state index < -0.39 is 16.9 Å². The SMILES string of the molecule is COc1ccc(NC(=O)[C@@H](c2cc3c(cc2[N+](=O)[O-])OCO3)N2CCN(C(=O)c3ccco3)CC2)cc1. The van der Waals surface area contributed by atoms with Crippen molar-refractivity contribution >= 4 is 23.2 Å². The maximum absolute atomic E-state index is 13.7. The van der Waals surface area contributed by atoms with Gasteiger partial charge in [-0.3, -0.25) is 24.6 Å². The highest BCUT2D eigenvalue weighted by atomic mass is 16.7. The van der Waals surface area contributed by atoms with E-state index in [1.165, 1.54) is 18.4 Å². The second kappa shape index (κ2) is 10.2. The van der Waals surface area contributed by atoms with Gasteiger partial charge < -0.3 is 28.8 Å². The number of nitro benzene ring substituents is 1. The Morgan fingerprint density at radius 1 is 1.05 bits per heavy atom. The molecular weight excluding hydrogens is 484 g/mol. The lowest BCUT2D eigenvalue weighted by atomic mass is 10.00. The first kappa shape index (κ1) is 24.1. The Bertz CT molecular complexity index is 1300. The van der Waals surface area contributed by atoms with Crippen molar-refractivity contribution < 1.29 is 33.1 Å². The summed E-state index contributed by atoms with van der Waals surface area (Å²) in [6, 6.07) is 11.7. The van der Waals surface area contributed by atoms with Crippen LogP contribution in [0.2, 0.25) is 0 Å². The number of fused-ring (bicyclic) bond motifs is 1. The lowest BCUT2D eigenvalue weighted by Crippen LogP contribution is -2.51. The third kappa shape index (κ3) is 4.91. The second-order valence-corrected chi connectivity index (χ2v) is 8.45. The lowest BCUT2D eigenvalue weighted by molar-refractivity contribution is -0.385. The molecule has 1 aromatic heterocycles. The molecule has 0 aliphatic carbocycles. The summed E-state index contributed by atoms with van der Waals surface area (Å²) in [6.45, 7) is 1.16. The van der Waals surface area contributed by atoms with Crippen molar-refractivity contribution in [1.82, 2.24) is 9.80 Å². The molecule has 0 unspecified atom stereocenters. The molecule has 37 heavy (non-hydrogen) atoms.